The number of amides is 1. The first-order chi connectivity index (χ1) is 16.3. The van der Waals surface area contributed by atoms with Gasteiger partial charge in [0.05, 0.1) is 17.0 Å². The molecular weight excluding hydrogens is 437 g/mol. The fourth-order valence-corrected chi connectivity index (χ4v) is 3.24. The van der Waals surface area contributed by atoms with Crippen molar-refractivity contribution in [2.75, 3.05) is 0 Å². The minimum absolute atomic E-state index is 0.0128. The van der Waals surface area contributed by atoms with Crippen LogP contribution >= 0.6 is 0 Å². The number of aromatic carboxylic acids is 1. The summed E-state index contributed by atoms with van der Waals surface area (Å²) in [4.78, 5) is 23.6. The summed E-state index contributed by atoms with van der Waals surface area (Å²) in [7, 11) is 0. The van der Waals surface area contributed by atoms with Crippen molar-refractivity contribution in [2.24, 2.45) is 5.92 Å². The number of halogens is 1. The Hall–Kier alpha value is -3.81. The molecule has 0 saturated carbocycles. The number of aromatic nitrogens is 2. The lowest BCUT2D eigenvalue weighted by Crippen LogP contribution is -2.24. The Balaban J connectivity index is 1.81. The van der Waals surface area contributed by atoms with Gasteiger partial charge < -0.3 is 15.2 Å². The number of carbonyl (C=O) groups excluding carboxylic acids is 1. The van der Waals surface area contributed by atoms with Gasteiger partial charge in [-0.15, -0.1) is 0 Å². The first-order valence-corrected chi connectivity index (χ1v) is 11.2. The van der Waals surface area contributed by atoms with Crippen molar-refractivity contribution in [3.63, 3.8) is 0 Å². The van der Waals surface area contributed by atoms with Gasteiger partial charge >= 0.3 is 5.97 Å². The first kappa shape index (κ1) is 24.8. The Kier molecular flexibility index (Phi) is 8.29. The summed E-state index contributed by atoms with van der Waals surface area (Å²) in [5.41, 5.74) is 2.28. The van der Waals surface area contributed by atoms with Crippen LogP contribution in [-0.4, -0.2) is 27.2 Å². The molecule has 1 atom stereocenters. The predicted octanol–water partition coefficient (Wildman–Crippen LogP) is 5.39. The van der Waals surface area contributed by atoms with Crippen LogP contribution in [0.5, 0.6) is 11.5 Å². The zero-order valence-electron chi connectivity index (χ0n) is 19.5. The molecule has 0 bridgehead atoms. The number of nitrogens with zero attached hydrogens (tertiary/aromatic N) is 2. The Bertz CT molecular complexity index is 1150. The van der Waals surface area contributed by atoms with E-state index in [2.05, 4.69) is 15.5 Å². The largest absolute Gasteiger partial charge is 0.478 e. The third-order valence-electron chi connectivity index (χ3n) is 5.55. The van der Waals surface area contributed by atoms with Crippen LogP contribution in [0.15, 0.2) is 48.5 Å². The van der Waals surface area contributed by atoms with Gasteiger partial charge in [0, 0.05) is 24.1 Å². The van der Waals surface area contributed by atoms with E-state index in [-0.39, 0.29) is 24.1 Å². The molecule has 0 aliphatic heterocycles. The van der Waals surface area contributed by atoms with Crippen LogP contribution in [0.3, 0.4) is 0 Å². The normalized spacial score (nSPS) is 11.6. The van der Waals surface area contributed by atoms with Crippen molar-refractivity contribution >= 4 is 11.9 Å². The van der Waals surface area contributed by atoms with Crippen LogP contribution in [0.4, 0.5) is 4.39 Å². The number of carbonyl (C=O) groups is 2. The predicted molar refractivity (Wildman–Crippen MR) is 126 cm³/mol. The van der Waals surface area contributed by atoms with Gasteiger partial charge in [0.1, 0.15) is 17.3 Å². The molecule has 0 fully saturated rings. The standard InChI is InChI=1S/C26H28FN3O4/c1-4-16(3)12-25(31)28-15-18-13-22(27)21(26(32)33)14-24(18)34-20-9-6-17(7-10-20)23-11-8-19(5-2)29-30-23/h6-11,13-14,16H,4-5,12,15H2,1-3H3,(H,28,31)(H,32,33)/t16-/m1/s1. The SMILES string of the molecule is CCc1ccc(-c2ccc(Oc3cc(C(=O)O)c(F)cc3CNC(=O)C[C@H](C)CC)cc2)nn1. The number of benzene rings is 2. The minimum atomic E-state index is -1.40. The van der Waals surface area contributed by atoms with E-state index >= 15 is 0 Å². The summed E-state index contributed by atoms with van der Waals surface area (Å²) in [5.74, 6) is -1.65. The van der Waals surface area contributed by atoms with E-state index in [4.69, 9.17) is 4.74 Å². The average molecular weight is 466 g/mol. The second kappa shape index (κ2) is 11.4. The molecule has 0 radical (unpaired) electrons. The van der Waals surface area contributed by atoms with E-state index < -0.39 is 17.3 Å². The Morgan fingerprint density at radius 3 is 2.41 bits per heavy atom. The summed E-state index contributed by atoms with van der Waals surface area (Å²) in [5, 5.41) is 20.4. The molecule has 0 unspecified atom stereocenters. The molecule has 7 nitrogen and oxygen atoms in total. The van der Waals surface area contributed by atoms with Gasteiger partial charge in [0.15, 0.2) is 0 Å². The third kappa shape index (κ3) is 6.37. The van der Waals surface area contributed by atoms with E-state index in [1.54, 1.807) is 24.3 Å². The molecule has 34 heavy (non-hydrogen) atoms. The molecule has 1 heterocycles. The molecule has 0 spiro atoms. The van der Waals surface area contributed by atoms with Gasteiger partial charge in [0.2, 0.25) is 5.91 Å². The molecule has 8 heteroatoms. The Labute approximate surface area is 198 Å². The Morgan fingerprint density at radius 1 is 1.09 bits per heavy atom. The van der Waals surface area contributed by atoms with Crippen LogP contribution in [0.1, 0.15) is 55.2 Å². The third-order valence-corrected chi connectivity index (χ3v) is 5.55. The average Bonchev–Trinajstić information content (AvgIpc) is 2.84. The lowest BCUT2D eigenvalue weighted by atomic mass is 10.0. The molecule has 3 aromatic rings. The lowest BCUT2D eigenvalue weighted by Gasteiger charge is -2.15. The molecule has 0 aliphatic carbocycles. The van der Waals surface area contributed by atoms with Crippen molar-refractivity contribution < 1.29 is 23.8 Å². The number of rotatable bonds is 10. The maximum atomic E-state index is 14.3. The molecule has 1 aromatic heterocycles. The van der Waals surface area contributed by atoms with Crippen LogP contribution in [-0.2, 0) is 17.8 Å². The number of hydrogen-bond donors (Lipinski definition) is 2. The fraction of sp³-hybridized carbons (Fsp3) is 0.308. The number of ether oxygens (including phenoxy) is 1. The van der Waals surface area contributed by atoms with Crippen LogP contribution in [0, 0.1) is 11.7 Å². The van der Waals surface area contributed by atoms with Crippen molar-refractivity contribution in [1.29, 1.82) is 0 Å². The number of nitrogens with one attached hydrogen (secondary N) is 1. The summed E-state index contributed by atoms with van der Waals surface area (Å²) < 4.78 is 20.2. The topological polar surface area (TPSA) is 101 Å². The first-order valence-electron chi connectivity index (χ1n) is 11.2. The summed E-state index contributed by atoms with van der Waals surface area (Å²) >= 11 is 0. The second-order valence-corrected chi connectivity index (χ2v) is 8.13. The van der Waals surface area contributed by atoms with Crippen LogP contribution in [0.2, 0.25) is 0 Å². The number of carboxylic acid groups (broad SMARTS) is 1. The summed E-state index contributed by atoms with van der Waals surface area (Å²) in [6.07, 6.45) is 2.02. The molecule has 178 valence electrons. The van der Waals surface area contributed by atoms with E-state index in [1.807, 2.05) is 32.9 Å². The van der Waals surface area contributed by atoms with Gasteiger partial charge in [-0.1, -0.05) is 27.2 Å². The molecule has 1 amide bonds. The van der Waals surface area contributed by atoms with Crippen molar-refractivity contribution in [3.05, 3.63) is 71.2 Å². The van der Waals surface area contributed by atoms with Gasteiger partial charge in [0.25, 0.3) is 0 Å². The molecule has 2 N–H and O–H groups in total. The second-order valence-electron chi connectivity index (χ2n) is 8.13. The monoisotopic (exact) mass is 465 g/mol. The van der Waals surface area contributed by atoms with Gasteiger partial charge in [-0.25, -0.2) is 9.18 Å². The van der Waals surface area contributed by atoms with Crippen molar-refractivity contribution in [3.8, 4) is 22.8 Å². The molecule has 3 rings (SSSR count). The Morgan fingerprint density at radius 2 is 1.82 bits per heavy atom. The fourth-order valence-electron chi connectivity index (χ4n) is 3.24. The van der Waals surface area contributed by atoms with Gasteiger partial charge in [-0.2, -0.15) is 10.2 Å². The highest BCUT2D eigenvalue weighted by molar-refractivity contribution is 5.88. The van der Waals surface area contributed by atoms with Gasteiger partial charge in [-0.3, -0.25) is 4.79 Å². The highest BCUT2D eigenvalue weighted by Gasteiger charge is 2.18. The molecular formula is C26H28FN3O4. The highest BCUT2D eigenvalue weighted by atomic mass is 19.1. The summed E-state index contributed by atoms with van der Waals surface area (Å²) in [6.45, 7) is 6.00. The molecule has 0 saturated heterocycles. The zero-order chi connectivity index (χ0) is 24.7. The van der Waals surface area contributed by atoms with Gasteiger partial charge in [-0.05, 0) is 60.9 Å². The highest BCUT2D eigenvalue weighted by Crippen LogP contribution is 2.30. The van der Waals surface area contributed by atoms with Crippen molar-refractivity contribution in [2.45, 2.75) is 46.6 Å². The summed E-state index contributed by atoms with van der Waals surface area (Å²) in [6, 6.07) is 13.1. The molecule has 0 aliphatic rings. The lowest BCUT2D eigenvalue weighted by molar-refractivity contribution is -0.122. The molecule has 2 aromatic carbocycles. The minimum Gasteiger partial charge on any atom is -0.478 e. The maximum absolute atomic E-state index is 14.3. The van der Waals surface area contributed by atoms with E-state index in [9.17, 15) is 19.1 Å². The van der Waals surface area contributed by atoms with Crippen LogP contribution in [0.25, 0.3) is 11.3 Å². The van der Waals surface area contributed by atoms with Crippen LogP contribution < -0.4 is 10.1 Å². The maximum Gasteiger partial charge on any atom is 0.338 e. The zero-order valence-corrected chi connectivity index (χ0v) is 19.5. The van der Waals surface area contributed by atoms with E-state index in [0.29, 0.717) is 23.4 Å². The van der Waals surface area contributed by atoms with E-state index in [1.165, 1.54) is 0 Å². The van der Waals surface area contributed by atoms with Crippen molar-refractivity contribution in [1.82, 2.24) is 15.5 Å². The number of carboxylic acids is 1. The van der Waals surface area contributed by atoms with E-state index in [0.717, 1.165) is 36.2 Å². The number of aryl methyl sites for hydroxylation is 1. The number of hydrogen-bond acceptors (Lipinski definition) is 5. The quantitative estimate of drug-likeness (QED) is 0.416. The smallest absolute Gasteiger partial charge is 0.338 e.